The highest BCUT2D eigenvalue weighted by molar-refractivity contribution is 14.0. The summed E-state index contributed by atoms with van der Waals surface area (Å²) in [5.74, 6) is 2.88. The van der Waals surface area contributed by atoms with Gasteiger partial charge >= 0.3 is 0 Å². The van der Waals surface area contributed by atoms with E-state index in [-0.39, 0.29) is 24.0 Å². The first-order valence-electron chi connectivity index (χ1n) is 9.11. The molecular formula is C18H25ClIN7. The molecule has 1 fully saturated rings. The van der Waals surface area contributed by atoms with Crippen molar-refractivity contribution in [2.45, 2.75) is 38.4 Å². The number of aromatic nitrogens is 3. The van der Waals surface area contributed by atoms with E-state index in [4.69, 9.17) is 11.6 Å². The number of aryl methyl sites for hydroxylation is 1. The van der Waals surface area contributed by atoms with Crippen LogP contribution in [0, 0.1) is 0 Å². The minimum absolute atomic E-state index is 0. The smallest absolute Gasteiger partial charge is 0.191 e. The van der Waals surface area contributed by atoms with E-state index in [0.29, 0.717) is 12.6 Å². The number of hydrogen-bond donors (Lipinski definition) is 2. The molecule has 0 radical (unpaired) electrons. The van der Waals surface area contributed by atoms with Crippen LogP contribution in [0.2, 0.25) is 5.02 Å². The molecule has 7 nitrogen and oxygen atoms in total. The van der Waals surface area contributed by atoms with Gasteiger partial charge in [-0.3, -0.25) is 4.99 Å². The van der Waals surface area contributed by atoms with Crippen LogP contribution in [0.15, 0.2) is 29.3 Å². The summed E-state index contributed by atoms with van der Waals surface area (Å²) in [5, 5.41) is 16.2. The van der Waals surface area contributed by atoms with Crippen LogP contribution in [0.3, 0.4) is 0 Å². The second-order valence-electron chi connectivity index (χ2n) is 6.77. The molecule has 0 aliphatic carbocycles. The predicted octanol–water partition coefficient (Wildman–Crippen LogP) is 2.44. The summed E-state index contributed by atoms with van der Waals surface area (Å²) >= 11 is 6.11. The molecule has 9 heteroatoms. The fourth-order valence-electron chi connectivity index (χ4n) is 3.68. The standard InChI is InChI=1S/C18H24ClN7.HI/c1-20-18(21-11-17-24-23-16-6-3-8-26(16)17)22-14-7-9-25(12-14)15-5-2-4-13(19)10-15;/h2,4-5,10,14H,3,6-9,11-12H2,1H3,(H2,20,21,22);1H. The van der Waals surface area contributed by atoms with E-state index < -0.39 is 0 Å². The Balaban J connectivity index is 0.00000210. The number of fused-ring (bicyclic) bond motifs is 1. The molecule has 27 heavy (non-hydrogen) atoms. The van der Waals surface area contributed by atoms with Gasteiger partial charge in [0.2, 0.25) is 0 Å². The molecule has 4 rings (SSSR count). The van der Waals surface area contributed by atoms with Gasteiger partial charge < -0.3 is 20.1 Å². The van der Waals surface area contributed by atoms with Crippen LogP contribution in [0.1, 0.15) is 24.5 Å². The molecule has 1 aromatic carbocycles. The maximum Gasteiger partial charge on any atom is 0.191 e. The monoisotopic (exact) mass is 501 g/mol. The van der Waals surface area contributed by atoms with E-state index in [0.717, 1.165) is 61.5 Å². The molecule has 0 saturated carbocycles. The fourth-order valence-corrected chi connectivity index (χ4v) is 3.86. The van der Waals surface area contributed by atoms with Crippen molar-refractivity contribution in [2.75, 3.05) is 25.0 Å². The third-order valence-electron chi connectivity index (χ3n) is 5.03. The van der Waals surface area contributed by atoms with Crippen molar-refractivity contribution in [3.63, 3.8) is 0 Å². The quantitative estimate of drug-likeness (QED) is 0.383. The molecule has 0 spiro atoms. The van der Waals surface area contributed by atoms with Crippen LogP contribution in [0.5, 0.6) is 0 Å². The molecule has 1 aromatic heterocycles. The van der Waals surface area contributed by atoms with E-state index in [1.807, 2.05) is 18.2 Å². The number of guanidine groups is 1. The Bertz CT molecular complexity index is 807. The SMILES string of the molecule is CN=C(NCc1nnc2n1CCC2)NC1CCN(c2cccc(Cl)c2)C1.I. The molecule has 2 aliphatic heterocycles. The summed E-state index contributed by atoms with van der Waals surface area (Å²) in [6, 6.07) is 8.37. The lowest BCUT2D eigenvalue weighted by Gasteiger charge is -2.20. The summed E-state index contributed by atoms with van der Waals surface area (Å²) in [7, 11) is 1.80. The first-order chi connectivity index (χ1) is 12.7. The molecule has 1 atom stereocenters. The second-order valence-corrected chi connectivity index (χ2v) is 7.21. The summed E-state index contributed by atoms with van der Waals surface area (Å²) in [5.41, 5.74) is 1.17. The molecule has 1 saturated heterocycles. The van der Waals surface area contributed by atoms with Crippen molar-refractivity contribution in [3.05, 3.63) is 40.9 Å². The number of nitrogens with zero attached hydrogens (tertiary/aromatic N) is 5. The first kappa shape index (κ1) is 20.2. The second kappa shape index (κ2) is 9.09. The number of aliphatic imine (C=N–C) groups is 1. The molecule has 3 heterocycles. The Labute approximate surface area is 181 Å². The van der Waals surface area contributed by atoms with E-state index >= 15 is 0 Å². The van der Waals surface area contributed by atoms with E-state index in [1.165, 1.54) is 5.69 Å². The summed E-state index contributed by atoms with van der Waals surface area (Å²) in [6.07, 6.45) is 3.25. The van der Waals surface area contributed by atoms with Gasteiger partial charge in [0.15, 0.2) is 11.8 Å². The molecule has 0 bridgehead atoms. The van der Waals surface area contributed by atoms with Gasteiger partial charge in [0, 0.05) is 49.9 Å². The van der Waals surface area contributed by atoms with Gasteiger partial charge in [-0.25, -0.2) is 0 Å². The van der Waals surface area contributed by atoms with Crippen LogP contribution >= 0.6 is 35.6 Å². The largest absolute Gasteiger partial charge is 0.369 e. The fraction of sp³-hybridized carbons (Fsp3) is 0.500. The van der Waals surface area contributed by atoms with Gasteiger partial charge in [-0.2, -0.15) is 0 Å². The van der Waals surface area contributed by atoms with Crippen LogP contribution in [0.4, 0.5) is 5.69 Å². The van der Waals surface area contributed by atoms with E-state index in [2.05, 4.69) is 41.4 Å². The van der Waals surface area contributed by atoms with Crippen LogP contribution in [-0.2, 0) is 19.5 Å². The Kier molecular flexibility index (Phi) is 6.80. The Morgan fingerprint density at radius 2 is 2.22 bits per heavy atom. The molecule has 146 valence electrons. The van der Waals surface area contributed by atoms with E-state index in [1.54, 1.807) is 7.05 Å². The number of rotatable bonds is 4. The minimum atomic E-state index is 0. The highest BCUT2D eigenvalue weighted by atomic mass is 127. The first-order valence-corrected chi connectivity index (χ1v) is 9.49. The number of halogens is 2. The zero-order valence-electron chi connectivity index (χ0n) is 15.4. The summed E-state index contributed by atoms with van der Waals surface area (Å²) in [6.45, 7) is 3.59. The minimum Gasteiger partial charge on any atom is -0.369 e. The van der Waals surface area contributed by atoms with Gasteiger partial charge in [0.25, 0.3) is 0 Å². The molecule has 2 aromatic rings. The Morgan fingerprint density at radius 1 is 1.33 bits per heavy atom. The number of hydrogen-bond acceptors (Lipinski definition) is 4. The zero-order chi connectivity index (χ0) is 17.9. The van der Waals surface area contributed by atoms with Gasteiger partial charge in [0.1, 0.15) is 5.82 Å². The van der Waals surface area contributed by atoms with Crippen molar-refractivity contribution in [3.8, 4) is 0 Å². The van der Waals surface area contributed by atoms with E-state index in [9.17, 15) is 0 Å². The third kappa shape index (κ3) is 4.66. The van der Waals surface area contributed by atoms with Crippen molar-refractivity contribution < 1.29 is 0 Å². The highest BCUT2D eigenvalue weighted by Gasteiger charge is 2.24. The Hall–Kier alpha value is -1.55. The third-order valence-corrected chi connectivity index (χ3v) is 5.26. The van der Waals surface area contributed by atoms with Crippen LogP contribution in [0.25, 0.3) is 0 Å². The van der Waals surface area contributed by atoms with Crippen LogP contribution < -0.4 is 15.5 Å². The Morgan fingerprint density at radius 3 is 3.04 bits per heavy atom. The lowest BCUT2D eigenvalue weighted by Crippen LogP contribution is -2.44. The average molecular weight is 502 g/mol. The van der Waals surface area contributed by atoms with Crippen molar-refractivity contribution in [1.29, 1.82) is 0 Å². The number of nitrogens with one attached hydrogen (secondary N) is 2. The van der Waals surface area contributed by atoms with Gasteiger partial charge in [0.05, 0.1) is 6.54 Å². The maximum atomic E-state index is 6.11. The molecule has 2 N–H and O–H groups in total. The maximum absolute atomic E-state index is 6.11. The average Bonchev–Trinajstić information content (AvgIpc) is 3.36. The summed E-state index contributed by atoms with van der Waals surface area (Å²) in [4.78, 5) is 6.70. The number of anilines is 1. The van der Waals surface area contributed by atoms with Crippen molar-refractivity contribution in [1.82, 2.24) is 25.4 Å². The normalized spacial score (nSPS) is 19.0. The molecule has 0 amide bonds. The number of benzene rings is 1. The highest BCUT2D eigenvalue weighted by Crippen LogP contribution is 2.23. The van der Waals surface area contributed by atoms with Gasteiger partial charge in [-0.1, -0.05) is 17.7 Å². The topological polar surface area (TPSA) is 70.4 Å². The lowest BCUT2D eigenvalue weighted by molar-refractivity contribution is 0.630. The summed E-state index contributed by atoms with van der Waals surface area (Å²) < 4.78 is 2.21. The van der Waals surface area contributed by atoms with Gasteiger partial charge in [-0.15, -0.1) is 34.2 Å². The molecule has 2 aliphatic rings. The zero-order valence-corrected chi connectivity index (χ0v) is 18.4. The molecule has 1 unspecified atom stereocenters. The molecular weight excluding hydrogens is 477 g/mol. The lowest BCUT2D eigenvalue weighted by atomic mass is 10.3. The van der Waals surface area contributed by atoms with Crippen molar-refractivity contribution >= 4 is 47.2 Å². The van der Waals surface area contributed by atoms with Crippen LogP contribution in [-0.4, -0.2) is 46.9 Å². The van der Waals surface area contributed by atoms with Gasteiger partial charge in [-0.05, 0) is 31.0 Å². The predicted molar refractivity (Wildman–Crippen MR) is 119 cm³/mol. The van der Waals surface area contributed by atoms with Crippen molar-refractivity contribution in [2.24, 2.45) is 4.99 Å².